The minimum atomic E-state index is 0.752. The first-order valence-electron chi connectivity index (χ1n) is 5.65. The largest absolute Gasteiger partial charge is 0.308 e. The summed E-state index contributed by atoms with van der Waals surface area (Å²) in [7, 11) is 0. The molecule has 0 amide bonds. The van der Waals surface area contributed by atoms with Crippen LogP contribution in [0.2, 0.25) is 0 Å². The molecular formula is C13H14N2S. The molecule has 3 heteroatoms. The number of hydrogen-bond donors (Lipinski definition) is 1. The molecule has 0 atom stereocenters. The van der Waals surface area contributed by atoms with Gasteiger partial charge in [0.1, 0.15) is 5.01 Å². The number of hydrogen-bond acceptors (Lipinski definition) is 3. The van der Waals surface area contributed by atoms with Gasteiger partial charge in [-0.2, -0.15) is 0 Å². The smallest absolute Gasteiger partial charge is 0.123 e. The highest BCUT2D eigenvalue weighted by Crippen LogP contribution is 2.24. The van der Waals surface area contributed by atoms with Gasteiger partial charge in [-0.25, -0.2) is 4.98 Å². The van der Waals surface area contributed by atoms with E-state index in [1.165, 1.54) is 18.4 Å². The van der Waals surface area contributed by atoms with Crippen LogP contribution in [0, 0.1) is 0 Å². The summed E-state index contributed by atoms with van der Waals surface area (Å²) >= 11 is 1.72. The van der Waals surface area contributed by atoms with Crippen molar-refractivity contribution in [3.05, 3.63) is 41.4 Å². The van der Waals surface area contributed by atoms with Crippen molar-refractivity contribution in [2.24, 2.45) is 0 Å². The third-order valence-corrected chi connectivity index (χ3v) is 3.66. The fourth-order valence-electron chi connectivity index (χ4n) is 1.64. The Hall–Kier alpha value is -1.19. The SMILES string of the molecule is c1ccc(-c2nc(CNC3CC3)cs2)cc1. The van der Waals surface area contributed by atoms with Gasteiger partial charge in [-0.15, -0.1) is 11.3 Å². The average Bonchev–Trinajstić information content (AvgIpc) is 3.05. The topological polar surface area (TPSA) is 24.9 Å². The summed E-state index contributed by atoms with van der Waals surface area (Å²) in [6, 6.07) is 11.1. The van der Waals surface area contributed by atoms with Gasteiger partial charge in [0.05, 0.1) is 5.69 Å². The Kier molecular flexibility index (Phi) is 2.72. The molecule has 1 aromatic carbocycles. The fraction of sp³-hybridized carbons (Fsp3) is 0.308. The summed E-state index contributed by atoms with van der Waals surface area (Å²) in [5, 5.41) is 6.75. The highest BCUT2D eigenvalue weighted by atomic mass is 32.1. The van der Waals surface area contributed by atoms with E-state index in [2.05, 4.69) is 39.9 Å². The quantitative estimate of drug-likeness (QED) is 0.873. The molecule has 1 aliphatic carbocycles. The molecule has 1 heterocycles. The Balaban J connectivity index is 1.71. The van der Waals surface area contributed by atoms with Crippen LogP contribution < -0.4 is 5.32 Å². The van der Waals surface area contributed by atoms with Gasteiger partial charge in [-0.1, -0.05) is 30.3 Å². The Morgan fingerprint density at radius 1 is 1.25 bits per heavy atom. The molecule has 1 saturated carbocycles. The minimum absolute atomic E-state index is 0.752. The number of nitrogens with one attached hydrogen (secondary N) is 1. The number of benzene rings is 1. The van der Waals surface area contributed by atoms with E-state index >= 15 is 0 Å². The zero-order valence-corrected chi connectivity index (χ0v) is 9.83. The second-order valence-electron chi connectivity index (χ2n) is 4.17. The van der Waals surface area contributed by atoms with Crippen LogP contribution in [0.5, 0.6) is 0 Å². The summed E-state index contributed by atoms with van der Waals surface area (Å²) in [5.41, 5.74) is 2.38. The molecule has 0 unspecified atom stereocenters. The van der Waals surface area contributed by atoms with Gasteiger partial charge in [0.25, 0.3) is 0 Å². The second-order valence-corrected chi connectivity index (χ2v) is 5.02. The molecule has 2 nitrogen and oxygen atoms in total. The number of nitrogens with zero attached hydrogens (tertiary/aromatic N) is 1. The lowest BCUT2D eigenvalue weighted by molar-refractivity contribution is 0.678. The van der Waals surface area contributed by atoms with Gasteiger partial charge >= 0.3 is 0 Å². The summed E-state index contributed by atoms with van der Waals surface area (Å²) in [4.78, 5) is 4.64. The van der Waals surface area contributed by atoms with Crippen molar-refractivity contribution < 1.29 is 0 Å². The highest BCUT2D eigenvalue weighted by molar-refractivity contribution is 7.13. The molecule has 0 saturated heterocycles. The molecule has 0 radical (unpaired) electrons. The second kappa shape index (κ2) is 4.36. The third kappa shape index (κ3) is 2.31. The number of aromatic nitrogens is 1. The van der Waals surface area contributed by atoms with Crippen LogP contribution in [0.1, 0.15) is 18.5 Å². The van der Waals surface area contributed by atoms with Crippen LogP contribution in [0.3, 0.4) is 0 Å². The number of thiazole rings is 1. The molecule has 2 aromatic rings. The van der Waals surface area contributed by atoms with Crippen molar-refractivity contribution in [2.45, 2.75) is 25.4 Å². The average molecular weight is 230 g/mol. The molecule has 16 heavy (non-hydrogen) atoms. The van der Waals surface area contributed by atoms with E-state index in [9.17, 15) is 0 Å². The maximum absolute atomic E-state index is 4.64. The van der Waals surface area contributed by atoms with Gasteiger partial charge in [0.15, 0.2) is 0 Å². The van der Waals surface area contributed by atoms with Gasteiger partial charge in [-0.3, -0.25) is 0 Å². The van der Waals surface area contributed by atoms with Crippen molar-refractivity contribution in [1.82, 2.24) is 10.3 Å². The molecule has 1 aliphatic rings. The Labute approximate surface area is 99.4 Å². The minimum Gasteiger partial charge on any atom is -0.308 e. The van der Waals surface area contributed by atoms with Gasteiger partial charge in [0, 0.05) is 23.5 Å². The first-order valence-corrected chi connectivity index (χ1v) is 6.53. The molecule has 1 aromatic heterocycles. The van der Waals surface area contributed by atoms with Crippen LogP contribution in [-0.4, -0.2) is 11.0 Å². The van der Waals surface area contributed by atoms with Crippen LogP contribution in [0.25, 0.3) is 10.6 Å². The molecule has 3 rings (SSSR count). The summed E-state index contributed by atoms with van der Waals surface area (Å²) in [5.74, 6) is 0. The molecule has 0 aliphatic heterocycles. The normalized spacial score (nSPS) is 15.2. The third-order valence-electron chi connectivity index (χ3n) is 2.72. The van der Waals surface area contributed by atoms with E-state index in [-0.39, 0.29) is 0 Å². The molecule has 82 valence electrons. The molecule has 0 spiro atoms. The van der Waals surface area contributed by atoms with Crippen molar-refractivity contribution in [3.63, 3.8) is 0 Å². The lowest BCUT2D eigenvalue weighted by Gasteiger charge is -1.97. The van der Waals surface area contributed by atoms with Crippen molar-refractivity contribution in [1.29, 1.82) is 0 Å². The van der Waals surface area contributed by atoms with Crippen LogP contribution >= 0.6 is 11.3 Å². The van der Waals surface area contributed by atoms with Crippen molar-refractivity contribution >= 4 is 11.3 Å². The Morgan fingerprint density at radius 3 is 2.81 bits per heavy atom. The maximum atomic E-state index is 4.64. The standard InChI is InChI=1S/C13H14N2S/c1-2-4-10(5-3-1)13-15-12(9-16-13)8-14-11-6-7-11/h1-5,9,11,14H,6-8H2. The fourth-order valence-corrected chi connectivity index (χ4v) is 2.46. The highest BCUT2D eigenvalue weighted by Gasteiger charge is 2.20. The van der Waals surface area contributed by atoms with E-state index in [4.69, 9.17) is 0 Å². The van der Waals surface area contributed by atoms with Crippen molar-refractivity contribution in [2.75, 3.05) is 0 Å². The number of rotatable bonds is 4. The van der Waals surface area contributed by atoms with E-state index in [1.54, 1.807) is 11.3 Å². The summed E-state index contributed by atoms with van der Waals surface area (Å²) in [6.07, 6.45) is 2.66. The summed E-state index contributed by atoms with van der Waals surface area (Å²) in [6.45, 7) is 0.911. The van der Waals surface area contributed by atoms with E-state index in [0.717, 1.165) is 23.3 Å². The van der Waals surface area contributed by atoms with Crippen LogP contribution in [-0.2, 0) is 6.54 Å². The van der Waals surface area contributed by atoms with E-state index in [0.29, 0.717) is 0 Å². The zero-order valence-electron chi connectivity index (χ0n) is 9.02. The molecule has 1 fully saturated rings. The van der Waals surface area contributed by atoms with Gasteiger partial charge in [-0.05, 0) is 12.8 Å². The lowest BCUT2D eigenvalue weighted by atomic mass is 10.2. The first kappa shape index (κ1) is 10.00. The predicted molar refractivity (Wildman–Crippen MR) is 67.4 cm³/mol. The van der Waals surface area contributed by atoms with Gasteiger partial charge < -0.3 is 5.32 Å². The maximum Gasteiger partial charge on any atom is 0.123 e. The van der Waals surface area contributed by atoms with Crippen LogP contribution in [0.4, 0.5) is 0 Å². The molecular weight excluding hydrogens is 216 g/mol. The first-order chi connectivity index (χ1) is 7.92. The van der Waals surface area contributed by atoms with E-state index < -0.39 is 0 Å². The van der Waals surface area contributed by atoms with Gasteiger partial charge in [0.2, 0.25) is 0 Å². The molecule has 0 bridgehead atoms. The predicted octanol–water partition coefficient (Wildman–Crippen LogP) is 3.06. The molecule has 1 N–H and O–H groups in total. The zero-order chi connectivity index (χ0) is 10.8. The van der Waals surface area contributed by atoms with Crippen LogP contribution in [0.15, 0.2) is 35.7 Å². The van der Waals surface area contributed by atoms with Crippen molar-refractivity contribution in [3.8, 4) is 10.6 Å². The Bertz CT molecular complexity index is 460. The Morgan fingerprint density at radius 2 is 2.06 bits per heavy atom. The summed E-state index contributed by atoms with van der Waals surface area (Å²) < 4.78 is 0. The van der Waals surface area contributed by atoms with E-state index in [1.807, 2.05) is 6.07 Å². The monoisotopic (exact) mass is 230 g/mol. The lowest BCUT2D eigenvalue weighted by Crippen LogP contribution is -2.15.